The molecule has 5 aromatic rings. The molecule has 0 bridgehead atoms. The van der Waals surface area contributed by atoms with Gasteiger partial charge in [0.1, 0.15) is 10.4 Å². The van der Waals surface area contributed by atoms with Crippen LogP contribution in [-0.2, 0) is 10.0 Å². The number of fused-ring (bicyclic) bond motifs is 2. The Balaban J connectivity index is 1.49. The average molecular weight is 487 g/mol. The van der Waals surface area contributed by atoms with Gasteiger partial charge in [0.05, 0.1) is 34.8 Å². The van der Waals surface area contributed by atoms with Crippen LogP contribution in [0.1, 0.15) is 5.69 Å². The smallest absolute Gasteiger partial charge is 0.264 e. The second-order valence-electron chi connectivity index (χ2n) is 7.42. The van der Waals surface area contributed by atoms with Crippen LogP contribution in [0.3, 0.4) is 0 Å². The number of rotatable bonds is 6. The number of nitrogens with two attached hydrogens (primary N) is 1. The highest BCUT2D eigenvalue weighted by molar-refractivity contribution is 7.93. The largest absolute Gasteiger partial charge is 0.404 e. The van der Waals surface area contributed by atoms with E-state index < -0.39 is 10.0 Å². The molecule has 3 heterocycles. The van der Waals surface area contributed by atoms with Crippen LogP contribution in [-0.4, -0.2) is 46.9 Å². The zero-order valence-electron chi connectivity index (χ0n) is 18.3. The Morgan fingerprint density at radius 1 is 1.03 bits per heavy atom. The van der Waals surface area contributed by atoms with Gasteiger partial charge in [-0.05, 0) is 46.2 Å². The van der Waals surface area contributed by atoms with E-state index in [0.717, 1.165) is 5.56 Å². The zero-order valence-corrected chi connectivity index (χ0v) is 19.1. The van der Waals surface area contributed by atoms with Gasteiger partial charge >= 0.3 is 0 Å². The normalized spacial score (nSPS) is 12.5. The molecule has 0 aliphatic heterocycles. The highest BCUT2D eigenvalue weighted by Gasteiger charge is 2.21. The molecule has 3 N–H and O–H groups in total. The molecule has 0 saturated heterocycles. The lowest BCUT2D eigenvalue weighted by Crippen LogP contribution is -2.13. The van der Waals surface area contributed by atoms with E-state index >= 15 is 0 Å². The topological polar surface area (TPSA) is 162 Å². The monoisotopic (exact) mass is 486 g/mol. The molecule has 0 atom stereocenters. The molecule has 0 amide bonds. The van der Waals surface area contributed by atoms with Crippen LogP contribution >= 0.6 is 0 Å². The SMILES string of the molecule is CN=C/C(=C\N)c1cnc2ccc(-c3cncc(NS(=O)(=O)c4cccc5nonc45)c3)cc2n1. The number of hydrogen-bond donors (Lipinski definition) is 2. The van der Waals surface area contributed by atoms with Crippen LogP contribution < -0.4 is 10.5 Å². The summed E-state index contributed by atoms with van der Waals surface area (Å²) in [6, 6.07) is 11.8. The molecule has 174 valence electrons. The van der Waals surface area contributed by atoms with E-state index in [0.29, 0.717) is 33.4 Å². The van der Waals surface area contributed by atoms with Gasteiger partial charge in [0.25, 0.3) is 10.0 Å². The predicted molar refractivity (Wildman–Crippen MR) is 132 cm³/mol. The van der Waals surface area contributed by atoms with E-state index in [-0.39, 0.29) is 16.1 Å². The van der Waals surface area contributed by atoms with E-state index in [2.05, 4.69) is 39.6 Å². The van der Waals surface area contributed by atoms with Crippen molar-refractivity contribution in [2.75, 3.05) is 11.8 Å². The minimum atomic E-state index is -3.97. The van der Waals surface area contributed by atoms with Crippen LogP contribution in [0.2, 0.25) is 0 Å². The Labute approximate surface area is 199 Å². The minimum absolute atomic E-state index is 0.0467. The maximum absolute atomic E-state index is 13.0. The first-order valence-electron chi connectivity index (χ1n) is 10.3. The molecule has 12 heteroatoms. The van der Waals surface area contributed by atoms with Gasteiger partial charge in [0, 0.05) is 36.8 Å². The second-order valence-corrected chi connectivity index (χ2v) is 9.07. The number of aromatic nitrogens is 5. The van der Waals surface area contributed by atoms with E-state index in [9.17, 15) is 8.42 Å². The molecular formula is C23H18N8O3S. The van der Waals surface area contributed by atoms with Crippen molar-refractivity contribution in [3.63, 3.8) is 0 Å². The second kappa shape index (κ2) is 8.91. The van der Waals surface area contributed by atoms with Crippen LogP contribution in [0.4, 0.5) is 5.69 Å². The summed E-state index contributed by atoms with van der Waals surface area (Å²) in [5, 5.41) is 7.40. The van der Waals surface area contributed by atoms with Crippen LogP contribution in [0.5, 0.6) is 0 Å². The Kier molecular flexibility index (Phi) is 5.63. The number of anilines is 1. The summed E-state index contributed by atoms with van der Waals surface area (Å²) in [5.74, 6) is 0. The van der Waals surface area contributed by atoms with Crippen molar-refractivity contribution in [3.8, 4) is 11.1 Å². The molecule has 0 fully saturated rings. The van der Waals surface area contributed by atoms with Crippen molar-refractivity contribution >= 4 is 49.6 Å². The zero-order chi connectivity index (χ0) is 24.4. The van der Waals surface area contributed by atoms with Gasteiger partial charge in [0.2, 0.25) is 0 Å². The van der Waals surface area contributed by atoms with Gasteiger partial charge in [-0.2, -0.15) is 0 Å². The molecule has 0 spiro atoms. The molecule has 0 aliphatic carbocycles. The number of benzene rings is 2. The minimum Gasteiger partial charge on any atom is -0.404 e. The molecule has 0 aliphatic rings. The maximum atomic E-state index is 13.0. The van der Waals surface area contributed by atoms with Crippen LogP contribution in [0, 0.1) is 0 Å². The third-order valence-corrected chi connectivity index (χ3v) is 6.56. The first kappa shape index (κ1) is 22.1. The number of nitrogens with one attached hydrogen (secondary N) is 1. The third-order valence-electron chi connectivity index (χ3n) is 5.15. The van der Waals surface area contributed by atoms with E-state index in [1.807, 2.05) is 18.2 Å². The van der Waals surface area contributed by atoms with Crippen molar-refractivity contribution in [3.05, 3.63) is 72.9 Å². The first-order valence-corrected chi connectivity index (χ1v) is 11.8. The fourth-order valence-corrected chi connectivity index (χ4v) is 4.71. The average Bonchev–Trinajstić information content (AvgIpc) is 3.35. The number of pyridine rings is 1. The summed E-state index contributed by atoms with van der Waals surface area (Å²) in [4.78, 5) is 17.2. The van der Waals surface area contributed by atoms with Crippen LogP contribution in [0.25, 0.3) is 38.8 Å². The maximum Gasteiger partial charge on any atom is 0.264 e. The van der Waals surface area contributed by atoms with Gasteiger partial charge in [-0.25, -0.2) is 18.0 Å². The molecule has 35 heavy (non-hydrogen) atoms. The number of sulfonamides is 1. The number of allylic oxidation sites excluding steroid dienone is 1. The van der Waals surface area contributed by atoms with E-state index in [1.54, 1.807) is 43.9 Å². The highest BCUT2D eigenvalue weighted by atomic mass is 32.2. The lowest BCUT2D eigenvalue weighted by Gasteiger charge is -2.10. The highest BCUT2D eigenvalue weighted by Crippen LogP contribution is 2.27. The molecular weight excluding hydrogens is 468 g/mol. The lowest BCUT2D eigenvalue weighted by atomic mass is 10.1. The summed E-state index contributed by atoms with van der Waals surface area (Å²) in [7, 11) is -2.33. The molecule has 0 radical (unpaired) electrons. The van der Waals surface area contributed by atoms with Gasteiger partial charge in [0.15, 0.2) is 5.52 Å². The molecule has 11 nitrogen and oxygen atoms in total. The summed E-state index contributed by atoms with van der Waals surface area (Å²) < 4.78 is 33.3. The van der Waals surface area contributed by atoms with Gasteiger partial charge in [-0.3, -0.25) is 19.7 Å². The van der Waals surface area contributed by atoms with Gasteiger partial charge in [-0.1, -0.05) is 12.1 Å². The quantitative estimate of drug-likeness (QED) is 0.343. The summed E-state index contributed by atoms with van der Waals surface area (Å²) >= 11 is 0. The van der Waals surface area contributed by atoms with Crippen LogP contribution in [0.15, 0.2) is 81.8 Å². The Morgan fingerprint density at radius 2 is 1.91 bits per heavy atom. The van der Waals surface area contributed by atoms with Crippen molar-refractivity contribution in [1.29, 1.82) is 0 Å². The summed E-state index contributed by atoms with van der Waals surface area (Å²) in [6.07, 6.45) is 7.71. The van der Waals surface area contributed by atoms with Crippen molar-refractivity contribution in [1.82, 2.24) is 25.3 Å². The molecule has 2 aromatic carbocycles. The number of aliphatic imine (C=N–C) groups is 1. The predicted octanol–water partition coefficient (Wildman–Crippen LogP) is 3.03. The van der Waals surface area contributed by atoms with Gasteiger partial charge < -0.3 is 5.73 Å². The Bertz CT molecular complexity index is 1730. The van der Waals surface area contributed by atoms with Crippen molar-refractivity contribution in [2.24, 2.45) is 10.7 Å². The Hall–Kier alpha value is -4.71. The van der Waals surface area contributed by atoms with E-state index in [1.165, 1.54) is 18.5 Å². The molecule has 5 rings (SSSR count). The number of hydrogen-bond acceptors (Lipinski definition) is 10. The molecule has 3 aromatic heterocycles. The summed E-state index contributed by atoms with van der Waals surface area (Å²) in [5.41, 5.74) is 10.5. The first-order chi connectivity index (χ1) is 17.0. The van der Waals surface area contributed by atoms with E-state index in [4.69, 9.17) is 5.73 Å². The fraction of sp³-hybridized carbons (Fsp3) is 0.0435. The van der Waals surface area contributed by atoms with Crippen molar-refractivity contribution < 1.29 is 13.0 Å². The fourth-order valence-electron chi connectivity index (χ4n) is 3.53. The Morgan fingerprint density at radius 3 is 2.74 bits per heavy atom. The molecule has 0 unspecified atom stereocenters. The summed E-state index contributed by atoms with van der Waals surface area (Å²) in [6.45, 7) is 0. The molecule has 0 saturated carbocycles. The van der Waals surface area contributed by atoms with Gasteiger partial charge in [-0.15, -0.1) is 0 Å². The third kappa shape index (κ3) is 4.29. The lowest BCUT2D eigenvalue weighted by molar-refractivity contribution is 0.315. The van der Waals surface area contributed by atoms with Crippen molar-refractivity contribution in [2.45, 2.75) is 4.90 Å². The standard InChI is InChI=1S/C23H18N8O3S/c1-25-10-16(9-24)21-13-27-18-6-5-14(8-20(18)28-21)15-7-17(12-26-11-15)31-35(32,33)22-4-2-3-19-23(22)30-34-29-19/h2-13,31H,24H2,1H3/b16-9+,25-10?. The number of nitrogens with zero attached hydrogens (tertiary/aromatic N) is 6.